The monoisotopic (exact) mass is 395 g/mol. The smallest absolute Gasteiger partial charge is 0.318 e. The second-order valence-corrected chi connectivity index (χ2v) is 6.13. The van der Waals surface area contributed by atoms with Gasteiger partial charge in [-0.3, -0.25) is 19.7 Å². The molecule has 0 saturated carbocycles. The van der Waals surface area contributed by atoms with Gasteiger partial charge in [-0.1, -0.05) is 37.3 Å². The lowest BCUT2D eigenvalue weighted by Gasteiger charge is -2.25. The van der Waals surface area contributed by atoms with Gasteiger partial charge in [-0.15, -0.1) is 0 Å². The predicted molar refractivity (Wildman–Crippen MR) is 89.2 cm³/mol. The molecule has 2 N–H and O–H groups in total. The zero-order valence-electron chi connectivity index (χ0n) is 14.7. The van der Waals surface area contributed by atoms with Crippen LogP contribution in [0.15, 0.2) is 42.6 Å². The molecule has 0 spiro atoms. The molecule has 28 heavy (non-hydrogen) atoms. The van der Waals surface area contributed by atoms with E-state index >= 15 is 0 Å². The molecule has 0 unspecified atom stereocenters. The van der Waals surface area contributed by atoms with E-state index in [1.54, 1.807) is 37.3 Å². The van der Waals surface area contributed by atoms with Crippen LogP contribution in [-0.2, 0) is 27.8 Å². The third-order valence-corrected chi connectivity index (χ3v) is 4.36. The van der Waals surface area contributed by atoms with Crippen LogP contribution in [0.5, 0.6) is 0 Å². The fraction of sp³-hybridized carbons (Fsp3) is 0.294. The molecular weight excluding hydrogens is 379 g/mol. The minimum absolute atomic E-state index is 0.238. The van der Waals surface area contributed by atoms with E-state index < -0.39 is 41.8 Å². The minimum atomic E-state index is -4.64. The molecule has 1 aliphatic rings. The van der Waals surface area contributed by atoms with Gasteiger partial charge in [0.25, 0.3) is 11.8 Å². The maximum atomic E-state index is 12.8. The van der Waals surface area contributed by atoms with Crippen molar-refractivity contribution in [3.8, 4) is 0 Å². The van der Waals surface area contributed by atoms with Gasteiger partial charge in [0.05, 0.1) is 0 Å². The van der Waals surface area contributed by atoms with Gasteiger partial charge in [0.1, 0.15) is 12.1 Å². The fourth-order valence-corrected chi connectivity index (χ4v) is 2.95. The number of rotatable bonds is 5. The van der Waals surface area contributed by atoms with Crippen molar-refractivity contribution < 1.29 is 27.6 Å². The number of alkyl halides is 3. The molecule has 0 radical (unpaired) electrons. The molecule has 8 nitrogen and oxygen atoms in total. The summed E-state index contributed by atoms with van der Waals surface area (Å²) in [6.45, 7) is 1.11. The molecule has 1 aromatic carbocycles. The lowest BCUT2D eigenvalue weighted by atomic mass is 9.87. The summed E-state index contributed by atoms with van der Waals surface area (Å²) in [4.78, 5) is 37.2. The van der Waals surface area contributed by atoms with Crippen molar-refractivity contribution in [1.29, 1.82) is 0 Å². The maximum absolute atomic E-state index is 12.8. The first-order valence-electron chi connectivity index (χ1n) is 8.30. The second-order valence-electron chi connectivity index (χ2n) is 6.13. The predicted octanol–water partition coefficient (Wildman–Crippen LogP) is 1.79. The quantitative estimate of drug-likeness (QED) is 0.755. The second kappa shape index (κ2) is 6.98. The zero-order valence-corrected chi connectivity index (χ0v) is 14.7. The molecule has 148 valence electrons. The first kappa shape index (κ1) is 19.4. The number of amides is 4. The van der Waals surface area contributed by atoms with E-state index in [0.717, 1.165) is 16.9 Å². The number of benzene rings is 1. The van der Waals surface area contributed by atoms with E-state index in [-0.39, 0.29) is 6.42 Å². The number of carbonyl (C=O) groups excluding carboxylic acids is 3. The summed E-state index contributed by atoms with van der Waals surface area (Å²) in [6, 6.07) is 8.42. The van der Waals surface area contributed by atoms with Crippen molar-refractivity contribution >= 4 is 17.8 Å². The summed E-state index contributed by atoms with van der Waals surface area (Å²) in [5.41, 5.74) is 0.194. The van der Waals surface area contributed by atoms with E-state index in [4.69, 9.17) is 0 Å². The van der Waals surface area contributed by atoms with Crippen molar-refractivity contribution in [2.75, 3.05) is 0 Å². The molecule has 3 rings (SSSR count). The van der Waals surface area contributed by atoms with E-state index in [1.165, 1.54) is 0 Å². The third kappa shape index (κ3) is 3.42. The van der Waals surface area contributed by atoms with Crippen LogP contribution < -0.4 is 10.7 Å². The number of hydrogen-bond acceptors (Lipinski definition) is 4. The SMILES string of the molecule is CC[C@]1(c2ccccc2)NC(=O)N(NC(=O)Cn2ccc(C(F)(F)F)n2)C1=O. The number of halogens is 3. The number of urea groups is 1. The van der Waals surface area contributed by atoms with Crippen LogP contribution in [0, 0.1) is 0 Å². The van der Waals surface area contributed by atoms with Crippen molar-refractivity contribution in [3.63, 3.8) is 0 Å². The zero-order chi connectivity index (χ0) is 20.5. The maximum Gasteiger partial charge on any atom is 0.435 e. The number of nitrogens with zero attached hydrogens (tertiary/aromatic N) is 3. The van der Waals surface area contributed by atoms with Gasteiger partial charge >= 0.3 is 12.2 Å². The fourth-order valence-electron chi connectivity index (χ4n) is 2.95. The van der Waals surface area contributed by atoms with Gasteiger partial charge in [0.2, 0.25) is 0 Å². The van der Waals surface area contributed by atoms with Crippen molar-refractivity contribution in [1.82, 2.24) is 25.5 Å². The number of hydrazine groups is 1. The van der Waals surface area contributed by atoms with Gasteiger partial charge in [-0.2, -0.15) is 23.3 Å². The van der Waals surface area contributed by atoms with Crippen LogP contribution in [0.3, 0.4) is 0 Å². The summed E-state index contributed by atoms with van der Waals surface area (Å²) >= 11 is 0. The van der Waals surface area contributed by atoms with Crippen LogP contribution in [0.25, 0.3) is 0 Å². The molecule has 1 aliphatic heterocycles. The van der Waals surface area contributed by atoms with E-state index in [2.05, 4.69) is 15.8 Å². The van der Waals surface area contributed by atoms with Crippen molar-refractivity contribution in [2.24, 2.45) is 0 Å². The summed E-state index contributed by atoms with van der Waals surface area (Å²) in [5.74, 6) is -1.56. The van der Waals surface area contributed by atoms with Gasteiger partial charge in [0.15, 0.2) is 5.69 Å². The Kier molecular flexibility index (Phi) is 4.84. The Balaban J connectivity index is 1.74. The summed E-state index contributed by atoms with van der Waals surface area (Å²) in [6.07, 6.45) is -3.42. The minimum Gasteiger partial charge on any atom is -0.318 e. The number of nitrogens with one attached hydrogen (secondary N) is 2. The summed E-state index contributed by atoms with van der Waals surface area (Å²) in [5, 5.41) is 6.37. The standard InChI is InChI=1S/C17H16F3N5O3/c1-2-16(11-6-4-3-5-7-11)14(27)25(15(28)21-16)23-13(26)10-24-9-8-12(22-24)17(18,19)20/h3-9H,2,10H2,1H3,(H,21,28)(H,23,26)/t16-/m1/s1. The summed E-state index contributed by atoms with van der Waals surface area (Å²) < 4.78 is 38.5. The van der Waals surface area contributed by atoms with Crippen LogP contribution in [-0.4, -0.2) is 32.6 Å². The Morgan fingerprint density at radius 1 is 1.21 bits per heavy atom. The van der Waals surface area contributed by atoms with Gasteiger partial charge in [-0.25, -0.2) is 4.79 Å². The molecule has 1 aromatic heterocycles. The van der Waals surface area contributed by atoms with E-state index in [0.29, 0.717) is 10.6 Å². The average Bonchev–Trinajstić information content (AvgIpc) is 3.21. The molecule has 1 saturated heterocycles. The first-order chi connectivity index (χ1) is 13.2. The van der Waals surface area contributed by atoms with Crippen molar-refractivity contribution in [2.45, 2.75) is 31.6 Å². The molecule has 0 aliphatic carbocycles. The molecular formula is C17H16F3N5O3. The van der Waals surface area contributed by atoms with Crippen LogP contribution >= 0.6 is 0 Å². The highest BCUT2D eigenvalue weighted by atomic mass is 19.4. The Hall–Kier alpha value is -3.37. The number of imide groups is 1. The van der Waals surface area contributed by atoms with Gasteiger partial charge in [-0.05, 0) is 18.1 Å². The van der Waals surface area contributed by atoms with E-state index in [9.17, 15) is 27.6 Å². The highest BCUT2D eigenvalue weighted by Crippen LogP contribution is 2.31. The van der Waals surface area contributed by atoms with Gasteiger partial charge < -0.3 is 5.32 Å². The van der Waals surface area contributed by atoms with Crippen LogP contribution in [0.4, 0.5) is 18.0 Å². The number of hydrogen-bond donors (Lipinski definition) is 2. The van der Waals surface area contributed by atoms with E-state index in [1.807, 2.05) is 0 Å². The molecule has 11 heteroatoms. The highest BCUT2D eigenvalue weighted by molar-refractivity contribution is 6.08. The third-order valence-electron chi connectivity index (χ3n) is 4.36. The highest BCUT2D eigenvalue weighted by Gasteiger charge is 2.52. The molecule has 2 heterocycles. The Morgan fingerprint density at radius 2 is 1.89 bits per heavy atom. The lowest BCUT2D eigenvalue weighted by molar-refractivity contribution is -0.142. The Morgan fingerprint density at radius 3 is 2.46 bits per heavy atom. The lowest BCUT2D eigenvalue weighted by Crippen LogP contribution is -2.49. The van der Waals surface area contributed by atoms with Crippen LogP contribution in [0.2, 0.25) is 0 Å². The van der Waals surface area contributed by atoms with Crippen molar-refractivity contribution in [3.05, 3.63) is 53.9 Å². The molecule has 0 bridgehead atoms. The number of aromatic nitrogens is 2. The number of carbonyl (C=O) groups is 3. The Labute approximate surface area is 157 Å². The molecule has 1 atom stereocenters. The normalized spacial score (nSPS) is 19.6. The average molecular weight is 395 g/mol. The summed E-state index contributed by atoms with van der Waals surface area (Å²) in [7, 11) is 0. The molecule has 1 fully saturated rings. The molecule has 4 amide bonds. The van der Waals surface area contributed by atoms with Crippen LogP contribution in [0.1, 0.15) is 24.6 Å². The largest absolute Gasteiger partial charge is 0.435 e. The topological polar surface area (TPSA) is 96.3 Å². The van der Waals surface area contributed by atoms with Gasteiger partial charge in [0, 0.05) is 6.20 Å². The first-order valence-corrected chi connectivity index (χ1v) is 8.30. The Bertz CT molecular complexity index is 912. The molecule has 2 aromatic rings.